The van der Waals surface area contributed by atoms with E-state index in [9.17, 15) is 8.42 Å². The minimum Gasteiger partial charge on any atom is -0.255 e. The highest BCUT2D eigenvalue weighted by Gasteiger charge is 2.20. The Balaban J connectivity index is 2.38. The second-order valence-corrected chi connectivity index (χ2v) is 6.94. The van der Waals surface area contributed by atoms with Crippen molar-refractivity contribution >= 4 is 26.5 Å². The number of thiazole rings is 1. The average Bonchev–Trinajstić information content (AvgIpc) is 2.77. The van der Waals surface area contributed by atoms with Gasteiger partial charge in [-0.15, -0.1) is 11.3 Å². The van der Waals surface area contributed by atoms with Crippen LogP contribution in [0.15, 0.2) is 29.2 Å². The molecule has 0 unspecified atom stereocenters. The number of benzene rings is 1. The number of anilines is 1. The van der Waals surface area contributed by atoms with Gasteiger partial charge in [0, 0.05) is 4.88 Å². The Hall–Kier alpha value is -1.91. The van der Waals surface area contributed by atoms with Crippen molar-refractivity contribution in [2.24, 2.45) is 0 Å². The molecule has 0 radical (unpaired) electrons. The molecule has 1 aromatic heterocycles. The van der Waals surface area contributed by atoms with Crippen molar-refractivity contribution in [1.29, 1.82) is 5.26 Å². The van der Waals surface area contributed by atoms with Crippen molar-refractivity contribution < 1.29 is 8.42 Å². The molecule has 1 heterocycles. The molecular weight excluding hydrogens is 294 g/mol. The molecule has 1 N–H and O–H groups in total. The average molecular weight is 307 g/mol. The van der Waals surface area contributed by atoms with E-state index in [0.29, 0.717) is 5.13 Å². The quantitative estimate of drug-likeness (QED) is 0.941. The van der Waals surface area contributed by atoms with Gasteiger partial charge in [0.05, 0.1) is 11.3 Å². The third kappa shape index (κ3) is 2.81. The third-order valence-corrected chi connectivity index (χ3v) is 5.20. The van der Waals surface area contributed by atoms with Crippen LogP contribution in [0.25, 0.3) is 0 Å². The Labute approximate surface area is 122 Å². The lowest BCUT2D eigenvalue weighted by Gasteiger charge is -2.06. The first-order chi connectivity index (χ1) is 9.47. The van der Waals surface area contributed by atoms with Gasteiger partial charge < -0.3 is 0 Å². The van der Waals surface area contributed by atoms with E-state index in [4.69, 9.17) is 5.26 Å². The van der Waals surface area contributed by atoms with Crippen molar-refractivity contribution in [2.45, 2.75) is 25.2 Å². The van der Waals surface area contributed by atoms with E-state index in [0.717, 1.165) is 17.0 Å². The zero-order valence-corrected chi connectivity index (χ0v) is 12.7. The summed E-state index contributed by atoms with van der Waals surface area (Å²) in [4.78, 5) is 5.19. The van der Waals surface area contributed by atoms with Gasteiger partial charge in [-0.05, 0) is 25.5 Å². The van der Waals surface area contributed by atoms with Gasteiger partial charge in [0.25, 0.3) is 10.0 Å². The minimum absolute atomic E-state index is 0.0339. The van der Waals surface area contributed by atoms with Crippen LogP contribution in [0.1, 0.15) is 23.1 Å². The lowest BCUT2D eigenvalue weighted by atomic mass is 10.2. The second-order valence-electron chi connectivity index (χ2n) is 4.09. The monoisotopic (exact) mass is 307 g/mol. The van der Waals surface area contributed by atoms with E-state index in [-0.39, 0.29) is 10.5 Å². The number of hydrogen-bond donors (Lipinski definition) is 1. The Morgan fingerprint density at radius 1 is 1.40 bits per heavy atom. The van der Waals surface area contributed by atoms with Crippen LogP contribution in [0.2, 0.25) is 0 Å². The molecular formula is C13H13N3O2S2. The number of rotatable bonds is 4. The van der Waals surface area contributed by atoms with Gasteiger partial charge >= 0.3 is 0 Å². The third-order valence-electron chi connectivity index (χ3n) is 2.75. The van der Waals surface area contributed by atoms with Gasteiger partial charge in [0.1, 0.15) is 11.0 Å². The first-order valence-corrected chi connectivity index (χ1v) is 8.26. The maximum atomic E-state index is 12.3. The molecule has 5 nitrogen and oxygen atoms in total. The van der Waals surface area contributed by atoms with E-state index in [2.05, 4.69) is 9.71 Å². The SMILES string of the molecule is CCc1nc(NS(=O)(=O)c2ccccc2C#N)sc1C. The van der Waals surface area contributed by atoms with E-state index in [1.807, 2.05) is 19.9 Å². The Morgan fingerprint density at radius 2 is 2.10 bits per heavy atom. The van der Waals surface area contributed by atoms with Crippen molar-refractivity contribution in [3.63, 3.8) is 0 Å². The lowest BCUT2D eigenvalue weighted by Crippen LogP contribution is -2.14. The van der Waals surface area contributed by atoms with Crippen molar-refractivity contribution in [1.82, 2.24) is 4.98 Å². The van der Waals surface area contributed by atoms with Gasteiger partial charge in [0.2, 0.25) is 0 Å². The van der Waals surface area contributed by atoms with Crippen molar-refractivity contribution in [3.8, 4) is 6.07 Å². The topological polar surface area (TPSA) is 82.8 Å². The molecule has 7 heteroatoms. The van der Waals surface area contributed by atoms with E-state index >= 15 is 0 Å². The van der Waals surface area contributed by atoms with Gasteiger partial charge in [0.15, 0.2) is 5.13 Å². The highest BCUT2D eigenvalue weighted by Crippen LogP contribution is 2.25. The molecule has 2 rings (SSSR count). The van der Waals surface area contributed by atoms with Crippen molar-refractivity contribution in [3.05, 3.63) is 40.4 Å². The van der Waals surface area contributed by atoms with Gasteiger partial charge in [-0.1, -0.05) is 19.1 Å². The lowest BCUT2D eigenvalue weighted by molar-refractivity contribution is 0.601. The smallest absolute Gasteiger partial charge is 0.255 e. The molecule has 0 amide bonds. The van der Waals surface area contributed by atoms with Crippen LogP contribution in [0, 0.1) is 18.3 Å². The van der Waals surface area contributed by atoms with Crippen LogP contribution in [0.5, 0.6) is 0 Å². The molecule has 0 saturated heterocycles. The largest absolute Gasteiger partial charge is 0.264 e. The zero-order valence-electron chi connectivity index (χ0n) is 11.0. The van der Waals surface area contributed by atoms with E-state index in [1.165, 1.54) is 23.5 Å². The fourth-order valence-corrected chi connectivity index (χ4v) is 4.06. The summed E-state index contributed by atoms with van der Waals surface area (Å²) >= 11 is 1.29. The molecule has 0 bridgehead atoms. The molecule has 20 heavy (non-hydrogen) atoms. The fourth-order valence-electron chi connectivity index (χ4n) is 1.76. The normalized spacial score (nSPS) is 11.1. The minimum atomic E-state index is -3.79. The van der Waals surface area contributed by atoms with Crippen LogP contribution in [0.3, 0.4) is 0 Å². The van der Waals surface area contributed by atoms with Crippen LogP contribution in [0.4, 0.5) is 5.13 Å². The van der Waals surface area contributed by atoms with Crippen LogP contribution >= 0.6 is 11.3 Å². The molecule has 0 aliphatic rings. The summed E-state index contributed by atoms with van der Waals surface area (Å²) in [7, 11) is -3.79. The molecule has 104 valence electrons. The predicted molar refractivity (Wildman–Crippen MR) is 78.2 cm³/mol. The number of nitrogens with zero attached hydrogens (tertiary/aromatic N) is 2. The van der Waals surface area contributed by atoms with Gasteiger partial charge in [-0.25, -0.2) is 13.4 Å². The zero-order chi connectivity index (χ0) is 14.8. The molecule has 0 fully saturated rings. The van der Waals surface area contributed by atoms with Crippen LogP contribution < -0.4 is 4.72 Å². The highest BCUT2D eigenvalue weighted by atomic mass is 32.2. The molecule has 0 aliphatic carbocycles. The number of aromatic nitrogens is 1. The van der Waals surface area contributed by atoms with Crippen LogP contribution in [-0.2, 0) is 16.4 Å². The Kier molecular flexibility index (Phi) is 4.06. The molecule has 0 aliphatic heterocycles. The van der Waals surface area contributed by atoms with E-state index < -0.39 is 10.0 Å². The molecule has 0 saturated carbocycles. The molecule has 1 aromatic carbocycles. The summed E-state index contributed by atoms with van der Waals surface area (Å²) in [5.74, 6) is 0. The number of hydrogen-bond acceptors (Lipinski definition) is 5. The maximum absolute atomic E-state index is 12.3. The summed E-state index contributed by atoms with van der Waals surface area (Å²) in [6.07, 6.45) is 0.749. The summed E-state index contributed by atoms with van der Waals surface area (Å²) in [6.45, 7) is 3.86. The molecule has 0 spiro atoms. The predicted octanol–water partition coefficient (Wildman–Crippen LogP) is 2.69. The fraction of sp³-hybridized carbons (Fsp3) is 0.231. The highest BCUT2D eigenvalue weighted by molar-refractivity contribution is 7.93. The number of nitriles is 1. The Bertz CT molecular complexity index is 773. The molecule has 2 aromatic rings. The first-order valence-electron chi connectivity index (χ1n) is 5.96. The standard InChI is InChI=1S/C13H13N3O2S2/c1-3-11-9(2)19-13(15-11)16-20(17,18)12-7-5-4-6-10(12)8-14/h4-7H,3H2,1-2H3,(H,15,16). The summed E-state index contributed by atoms with van der Waals surface area (Å²) < 4.78 is 27.0. The summed E-state index contributed by atoms with van der Waals surface area (Å²) in [5, 5.41) is 9.30. The first kappa shape index (κ1) is 14.5. The molecule has 0 atom stereocenters. The summed E-state index contributed by atoms with van der Waals surface area (Å²) in [6, 6.07) is 7.96. The number of nitrogens with one attached hydrogen (secondary N) is 1. The van der Waals surface area contributed by atoms with Crippen LogP contribution in [-0.4, -0.2) is 13.4 Å². The second kappa shape index (κ2) is 5.61. The van der Waals surface area contributed by atoms with Crippen molar-refractivity contribution in [2.75, 3.05) is 4.72 Å². The maximum Gasteiger partial charge on any atom is 0.264 e. The number of sulfonamides is 1. The number of aryl methyl sites for hydroxylation is 2. The van der Waals surface area contributed by atoms with Gasteiger partial charge in [-0.2, -0.15) is 5.26 Å². The summed E-state index contributed by atoms with van der Waals surface area (Å²) in [5.41, 5.74) is 0.991. The van der Waals surface area contributed by atoms with E-state index in [1.54, 1.807) is 12.1 Å². The van der Waals surface area contributed by atoms with Gasteiger partial charge in [-0.3, -0.25) is 4.72 Å². The Morgan fingerprint density at radius 3 is 2.70 bits per heavy atom.